The Kier molecular flexibility index (Phi) is 6.97. The minimum atomic E-state index is -0.531. The Labute approximate surface area is 190 Å². The van der Waals surface area contributed by atoms with Crippen molar-refractivity contribution < 1.29 is 4.74 Å². The lowest BCUT2D eigenvalue weighted by Crippen LogP contribution is -2.17. The van der Waals surface area contributed by atoms with Crippen LogP contribution in [0.25, 0.3) is 11.3 Å². The number of fused-ring (bicyclic) bond motifs is 3. The molecule has 1 aromatic heterocycles. The second-order valence-electron chi connectivity index (χ2n) is 7.01. The number of hydrogen-bond acceptors (Lipinski definition) is 6. The zero-order chi connectivity index (χ0) is 20.9. The van der Waals surface area contributed by atoms with Crippen LogP contribution < -0.4 is 10.1 Å². The number of hydrogen-bond donors (Lipinski definition) is 1. The summed E-state index contributed by atoms with van der Waals surface area (Å²) in [6.07, 6.45) is 4.28. The van der Waals surface area contributed by atoms with E-state index in [-0.39, 0.29) is 0 Å². The zero-order valence-corrected chi connectivity index (χ0v) is 18.9. The number of unbranched alkanes of at least 4 members (excludes halogenated alkanes) is 3. The van der Waals surface area contributed by atoms with Crippen molar-refractivity contribution in [3.05, 3.63) is 58.1 Å². The third-order valence-corrected chi connectivity index (χ3v) is 6.29. The van der Waals surface area contributed by atoms with Gasteiger partial charge in [-0.15, -0.1) is 10.2 Å². The van der Waals surface area contributed by atoms with Gasteiger partial charge in [0.15, 0.2) is 11.9 Å². The summed E-state index contributed by atoms with van der Waals surface area (Å²) in [6, 6.07) is 13.2. The normalized spacial score (nSPS) is 14.8. The van der Waals surface area contributed by atoms with Crippen molar-refractivity contribution in [2.75, 3.05) is 11.1 Å². The van der Waals surface area contributed by atoms with Crippen LogP contribution >= 0.6 is 35.0 Å². The molecule has 2 heterocycles. The van der Waals surface area contributed by atoms with E-state index in [0.717, 1.165) is 29.0 Å². The van der Waals surface area contributed by atoms with Gasteiger partial charge in [0, 0.05) is 27.6 Å². The van der Waals surface area contributed by atoms with Gasteiger partial charge < -0.3 is 10.1 Å². The maximum absolute atomic E-state index is 6.45. The van der Waals surface area contributed by atoms with E-state index in [1.54, 1.807) is 23.9 Å². The van der Waals surface area contributed by atoms with Crippen molar-refractivity contribution in [1.82, 2.24) is 15.2 Å². The lowest BCUT2D eigenvalue weighted by Gasteiger charge is -2.20. The molecule has 0 saturated carbocycles. The third kappa shape index (κ3) is 4.82. The molecule has 30 heavy (non-hydrogen) atoms. The molecule has 4 rings (SSSR count). The van der Waals surface area contributed by atoms with E-state index in [2.05, 4.69) is 27.4 Å². The minimum absolute atomic E-state index is 0.439. The van der Waals surface area contributed by atoms with Crippen LogP contribution in [0.5, 0.6) is 5.88 Å². The number of nitrogens with zero attached hydrogens (tertiary/aromatic N) is 3. The highest BCUT2D eigenvalue weighted by Crippen LogP contribution is 2.40. The van der Waals surface area contributed by atoms with Crippen LogP contribution in [0.3, 0.4) is 0 Å². The highest BCUT2D eigenvalue weighted by atomic mass is 35.5. The molecule has 0 fully saturated rings. The molecule has 5 nitrogen and oxygen atoms in total. The molecule has 0 aliphatic carbocycles. The molecule has 1 unspecified atom stereocenters. The maximum atomic E-state index is 6.45. The largest absolute Gasteiger partial charge is 0.448 e. The molecule has 2 aromatic carbocycles. The van der Waals surface area contributed by atoms with E-state index in [1.165, 1.54) is 19.3 Å². The lowest BCUT2D eigenvalue weighted by atomic mass is 10.1. The number of nitrogens with one attached hydrogen (secondary N) is 1. The van der Waals surface area contributed by atoms with Gasteiger partial charge in [0.05, 0.1) is 5.02 Å². The van der Waals surface area contributed by atoms with E-state index < -0.39 is 6.23 Å². The standard InChI is InChI=1S/C22H22Cl2N4OS/c1-2-3-4-7-12-30-22-26-21-19(27-28-22)16-8-5-6-9-18(16)25-20(29-21)15-11-10-14(23)13-17(15)24/h5-6,8-11,13,20,25H,2-4,7,12H2,1H3. The highest BCUT2D eigenvalue weighted by molar-refractivity contribution is 7.99. The van der Waals surface area contributed by atoms with Crippen molar-refractivity contribution in [1.29, 1.82) is 0 Å². The average molecular weight is 461 g/mol. The van der Waals surface area contributed by atoms with Gasteiger partial charge in [-0.1, -0.05) is 85.4 Å². The summed E-state index contributed by atoms with van der Waals surface area (Å²) < 4.78 is 6.27. The molecule has 0 radical (unpaired) electrons. The number of aromatic nitrogens is 3. The maximum Gasteiger partial charge on any atom is 0.247 e. The molecule has 3 aromatic rings. The number of benzene rings is 2. The van der Waals surface area contributed by atoms with Gasteiger partial charge in [-0.3, -0.25) is 0 Å². The summed E-state index contributed by atoms with van der Waals surface area (Å²) in [7, 11) is 0. The zero-order valence-electron chi connectivity index (χ0n) is 16.6. The highest BCUT2D eigenvalue weighted by Gasteiger charge is 2.27. The van der Waals surface area contributed by atoms with Crippen molar-refractivity contribution in [2.24, 2.45) is 0 Å². The van der Waals surface area contributed by atoms with Gasteiger partial charge in [0.25, 0.3) is 0 Å². The van der Waals surface area contributed by atoms with Crippen LogP contribution in [0.2, 0.25) is 10.0 Å². The van der Waals surface area contributed by atoms with Gasteiger partial charge in [-0.05, 0) is 24.6 Å². The first-order valence-electron chi connectivity index (χ1n) is 10.0. The average Bonchev–Trinajstić information content (AvgIpc) is 2.90. The Morgan fingerprint density at radius 1 is 1.07 bits per heavy atom. The van der Waals surface area contributed by atoms with Crippen LogP contribution in [-0.2, 0) is 0 Å². The first-order chi connectivity index (χ1) is 14.7. The second-order valence-corrected chi connectivity index (χ2v) is 8.92. The number of anilines is 1. The molecule has 0 spiro atoms. The Hall–Kier alpha value is -2.02. The van der Waals surface area contributed by atoms with Crippen LogP contribution in [0.4, 0.5) is 5.69 Å². The fourth-order valence-electron chi connectivity index (χ4n) is 3.26. The SMILES string of the molecule is CCCCCCSc1nnc2c(n1)OC(c1ccc(Cl)cc1Cl)Nc1ccccc1-2. The van der Waals surface area contributed by atoms with E-state index in [9.17, 15) is 0 Å². The Morgan fingerprint density at radius 2 is 1.93 bits per heavy atom. The van der Waals surface area contributed by atoms with Gasteiger partial charge in [-0.25, -0.2) is 0 Å². The van der Waals surface area contributed by atoms with Crippen molar-refractivity contribution in [3.8, 4) is 17.1 Å². The first kappa shape index (κ1) is 21.2. The van der Waals surface area contributed by atoms with Crippen LogP contribution in [0.15, 0.2) is 47.6 Å². The molecular formula is C22H22Cl2N4OS. The number of thioether (sulfide) groups is 1. The molecular weight excluding hydrogens is 439 g/mol. The molecule has 1 aliphatic heterocycles. The lowest BCUT2D eigenvalue weighted by molar-refractivity contribution is 0.225. The van der Waals surface area contributed by atoms with Gasteiger partial charge in [0.1, 0.15) is 0 Å². The predicted octanol–water partition coefficient (Wildman–Crippen LogP) is 7.02. The van der Waals surface area contributed by atoms with Crippen molar-refractivity contribution in [3.63, 3.8) is 0 Å². The predicted molar refractivity (Wildman–Crippen MR) is 124 cm³/mol. The Bertz CT molecular complexity index is 1030. The van der Waals surface area contributed by atoms with E-state index >= 15 is 0 Å². The van der Waals surface area contributed by atoms with E-state index in [4.69, 9.17) is 27.9 Å². The van der Waals surface area contributed by atoms with Crippen LogP contribution in [0, 0.1) is 0 Å². The quantitative estimate of drug-likeness (QED) is 0.301. The summed E-state index contributed by atoms with van der Waals surface area (Å²) in [5.41, 5.74) is 3.15. The molecule has 8 heteroatoms. The fourth-order valence-corrected chi connectivity index (χ4v) is 4.54. The number of rotatable bonds is 7. The third-order valence-electron chi connectivity index (χ3n) is 4.81. The fraction of sp³-hybridized carbons (Fsp3) is 0.318. The molecule has 0 saturated heterocycles. The molecule has 156 valence electrons. The number of para-hydroxylation sites is 1. The Balaban J connectivity index is 1.65. The molecule has 0 bridgehead atoms. The molecule has 1 N–H and O–H groups in total. The van der Waals surface area contributed by atoms with Gasteiger partial charge >= 0.3 is 0 Å². The summed E-state index contributed by atoms with van der Waals surface area (Å²) in [5, 5.41) is 13.9. The van der Waals surface area contributed by atoms with Crippen molar-refractivity contribution >= 4 is 40.7 Å². The number of halogens is 2. The molecule has 1 atom stereocenters. The van der Waals surface area contributed by atoms with Gasteiger partial charge in [-0.2, -0.15) is 4.98 Å². The van der Waals surface area contributed by atoms with E-state index in [1.807, 2.05) is 30.3 Å². The topological polar surface area (TPSA) is 59.9 Å². The summed E-state index contributed by atoms with van der Waals surface area (Å²) in [5.74, 6) is 1.40. The second kappa shape index (κ2) is 9.86. The molecule has 0 amide bonds. The van der Waals surface area contributed by atoms with Gasteiger partial charge in [0.2, 0.25) is 11.0 Å². The monoisotopic (exact) mass is 460 g/mol. The summed E-state index contributed by atoms with van der Waals surface area (Å²) >= 11 is 14.1. The van der Waals surface area contributed by atoms with E-state index in [0.29, 0.717) is 26.8 Å². The van der Waals surface area contributed by atoms with Crippen LogP contribution in [0.1, 0.15) is 44.4 Å². The van der Waals surface area contributed by atoms with Crippen molar-refractivity contribution in [2.45, 2.75) is 44.0 Å². The summed E-state index contributed by atoms with van der Waals surface area (Å²) in [6.45, 7) is 2.21. The summed E-state index contributed by atoms with van der Waals surface area (Å²) in [4.78, 5) is 4.67. The smallest absolute Gasteiger partial charge is 0.247 e. The first-order valence-corrected chi connectivity index (χ1v) is 11.7. The van der Waals surface area contributed by atoms with Crippen LogP contribution in [-0.4, -0.2) is 20.9 Å². The minimum Gasteiger partial charge on any atom is -0.448 e. The molecule has 1 aliphatic rings. The number of ether oxygens (including phenoxy) is 1. The Morgan fingerprint density at radius 3 is 2.77 bits per heavy atom.